The maximum Gasteiger partial charge on any atom is 0.254 e. The molecule has 2 aromatic heterocycles. The van der Waals surface area contributed by atoms with Gasteiger partial charge in [0.05, 0.1) is 23.6 Å². The molecule has 3 rings (SSSR count). The number of nitrogens with zero attached hydrogens (tertiary/aromatic N) is 3. The molecule has 1 atom stereocenters. The van der Waals surface area contributed by atoms with Gasteiger partial charge in [-0.05, 0) is 19.4 Å². The van der Waals surface area contributed by atoms with Crippen molar-refractivity contribution in [3.63, 3.8) is 0 Å². The topological polar surface area (TPSA) is 92.8 Å². The second-order valence-corrected chi connectivity index (χ2v) is 5.48. The van der Waals surface area contributed by atoms with E-state index in [1.54, 1.807) is 18.5 Å². The van der Waals surface area contributed by atoms with Gasteiger partial charge >= 0.3 is 0 Å². The van der Waals surface area contributed by atoms with Crippen LogP contribution in [0.1, 0.15) is 40.9 Å². The van der Waals surface area contributed by atoms with Gasteiger partial charge in [-0.1, -0.05) is 6.92 Å². The smallest absolute Gasteiger partial charge is 0.254 e. The van der Waals surface area contributed by atoms with Gasteiger partial charge in [0, 0.05) is 25.4 Å². The number of carbonyl (C=O) groups excluding carboxylic acids is 1. The third kappa shape index (κ3) is 2.59. The van der Waals surface area contributed by atoms with Crippen molar-refractivity contribution in [1.82, 2.24) is 25.5 Å². The highest BCUT2D eigenvalue weighted by molar-refractivity contribution is 5.95. The minimum Gasteiger partial charge on any atom is -0.378 e. The number of ether oxygens (including phenoxy) is 1. The zero-order chi connectivity index (χ0) is 15.6. The van der Waals surface area contributed by atoms with Crippen molar-refractivity contribution in [3.05, 3.63) is 41.2 Å². The van der Waals surface area contributed by atoms with Crippen LogP contribution in [0, 0.1) is 6.92 Å². The van der Waals surface area contributed by atoms with Crippen molar-refractivity contribution < 1.29 is 9.53 Å². The molecule has 7 nitrogen and oxygen atoms in total. The second-order valence-electron chi connectivity index (χ2n) is 5.48. The van der Waals surface area contributed by atoms with E-state index < -0.39 is 5.54 Å². The predicted octanol–water partition coefficient (Wildman–Crippen LogP) is 1.12. The number of H-pyrrole nitrogens is 1. The van der Waals surface area contributed by atoms with Gasteiger partial charge in [0.25, 0.3) is 5.91 Å². The van der Waals surface area contributed by atoms with Gasteiger partial charge in [-0.2, -0.15) is 10.2 Å². The Hall–Kier alpha value is -2.28. The number of imidazole rings is 1. The third-order valence-electron chi connectivity index (χ3n) is 3.90. The first kappa shape index (κ1) is 14.6. The Morgan fingerprint density at radius 3 is 3.00 bits per heavy atom. The van der Waals surface area contributed by atoms with Crippen molar-refractivity contribution >= 4 is 5.91 Å². The van der Waals surface area contributed by atoms with E-state index >= 15 is 0 Å². The summed E-state index contributed by atoms with van der Waals surface area (Å²) in [5, 5.41) is 11.2. The fraction of sp³-hybridized carbons (Fsp3) is 0.467. The van der Waals surface area contributed by atoms with Crippen LogP contribution in [0.15, 0.2) is 18.5 Å². The number of amides is 1. The maximum absolute atomic E-state index is 12.8. The lowest BCUT2D eigenvalue weighted by molar-refractivity contribution is 0.0867. The molecule has 0 aromatic carbocycles. The zero-order valence-corrected chi connectivity index (χ0v) is 12.7. The average Bonchev–Trinajstić information content (AvgIpc) is 3.19. The molecule has 0 bridgehead atoms. The molecule has 3 heterocycles. The van der Waals surface area contributed by atoms with Gasteiger partial charge in [-0.15, -0.1) is 0 Å². The van der Waals surface area contributed by atoms with E-state index in [4.69, 9.17) is 4.74 Å². The van der Waals surface area contributed by atoms with Gasteiger partial charge in [0.1, 0.15) is 11.4 Å². The highest BCUT2D eigenvalue weighted by Gasteiger charge is 2.41. The monoisotopic (exact) mass is 301 g/mol. The van der Waals surface area contributed by atoms with Gasteiger partial charge in [-0.3, -0.25) is 4.79 Å². The van der Waals surface area contributed by atoms with E-state index in [9.17, 15) is 4.79 Å². The van der Waals surface area contributed by atoms with Gasteiger partial charge in [0.15, 0.2) is 0 Å². The van der Waals surface area contributed by atoms with E-state index in [-0.39, 0.29) is 5.91 Å². The van der Waals surface area contributed by atoms with E-state index in [1.807, 2.05) is 13.8 Å². The Labute approximate surface area is 128 Å². The second kappa shape index (κ2) is 5.84. The quantitative estimate of drug-likeness (QED) is 0.882. The number of aromatic amines is 1. The lowest BCUT2D eigenvalue weighted by Crippen LogP contribution is -2.47. The fourth-order valence-electron chi connectivity index (χ4n) is 2.69. The predicted molar refractivity (Wildman–Crippen MR) is 79.3 cm³/mol. The Morgan fingerprint density at radius 2 is 2.36 bits per heavy atom. The summed E-state index contributed by atoms with van der Waals surface area (Å²) in [4.78, 5) is 20.1. The summed E-state index contributed by atoms with van der Waals surface area (Å²) in [6, 6.07) is 1.77. The van der Waals surface area contributed by atoms with E-state index in [0.717, 1.165) is 11.5 Å². The van der Waals surface area contributed by atoms with E-state index in [1.165, 1.54) is 0 Å². The number of hydrogen-bond acceptors (Lipinski definition) is 5. The lowest BCUT2D eigenvalue weighted by atomic mass is 9.96. The van der Waals surface area contributed by atoms with E-state index in [0.29, 0.717) is 37.3 Å². The molecule has 1 amide bonds. The van der Waals surface area contributed by atoms with Crippen molar-refractivity contribution in [1.29, 1.82) is 0 Å². The molecule has 116 valence electrons. The molecule has 22 heavy (non-hydrogen) atoms. The normalized spacial score (nSPS) is 21.0. The largest absolute Gasteiger partial charge is 0.378 e. The zero-order valence-electron chi connectivity index (χ0n) is 12.7. The summed E-state index contributed by atoms with van der Waals surface area (Å²) in [6.07, 6.45) is 4.76. The van der Waals surface area contributed by atoms with Crippen molar-refractivity contribution in [2.45, 2.75) is 32.2 Å². The molecule has 1 aliphatic heterocycles. The number of aromatic nitrogens is 4. The van der Waals surface area contributed by atoms with Gasteiger partial charge in [0.2, 0.25) is 0 Å². The Morgan fingerprint density at radius 1 is 1.50 bits per heavy atom. The number of aryl methyl sites for hydroxylation is 2. The minimum atomic E-state index is -0.608. The number of rotatable bonds is 4. The van der Waals surface area contributed by atoms with Gasteiger partial charge < -0.3 is 15.0 Å². The first-order valence-electron chi connectivity index (χ1n) is 7.38. The van der Waals surface area contributed by atoms with Gasteiger partial charge in [-0.25, -0.2) is 4.98 Å². The van der Waals surface area contributed by atoms with Crippen LogP contribution in [0.5, 0.6) is 0 Å². The molecular formula is C15H19N5O2. The van der Waals surface area contributed by atoms with Crippen LogP contribution in [0.3, 0.4) is 0 Å². The van der Waals surface area contributed by atoms with Crippen molar-refractivity contribution in [3.8, 4) is 0 Å². The Bertz CT molecular complexity index is 663. The average molecular weight is 301 g/mol. The first-order valence-corrected chi connectivity index (χ1v) is 7.38. The van der Waals surface area contributed by atoms with Crippen LogP contribution in [0.4, 0.5) is 0 Å². The molecular weight excluding hydrogens is 282 g/mol. The van der Waals surface area contributed by atoms with Crippen LogP contribution >= 0.6 is 0 Å². The molecule has 0 radical (unpaired) electrons. The summed E-state index contributed by atoms with van der Waals surface area (Å²) < 4.78 is 5.50. The summed E-state index contributed by atoms with van der Waals surface area (Å²) in [5.41, 5.74) is 1.37. The molecule has 1 saturated heterocycles. The van der Waals surface area contributed by atoms with Crippen molar-refractivity contribution in [2.24, 2.45) is 0 Å². The maximum atomic E-state index is 12.8. The first-order chi connectivity index (χ1) is 10.6. The van der Waals surface area contributed by atoms with Crippen LogP contribution in [0.2, 0.25) is 0 Å². The molecule has 0 spiro atoms. The number of hydrogen-bond donors (Lipinski definition) is 2. The minimum absolute atomic E-state index is 0.170. The molecule has 0 saturated carbocycles. The number of carbonyl (C=O) groups is 1. The third-order valence-corrected chi connectivity index (χ3v) is 3.90. The van der Waals surface area contributed by atoms with Crippen LogP contribution in [-0.4, -0.2) is 39.3 Å². The van der Waals surface area contributed by atoms with E-state index in [2.05, 4.69) is 25.5 Å². The summed E-state index contributed by atoms with van der Waals surface area (Å²) in [7, 11) is 0. The highest BCUT2D eigenvalue weighted by atomic mass is 16.5. The summed E-state index contributed by atoms with van der Waals surface area (Å²) >= 11 is 0. The summed E-state index contributed by atoms with van der Waals surface area (Å²) in [5.74, 6) is 0.548. The Balaban J connectivity index is 1.91. The lowest BCUT2D eigenvalue weighted by Gasteiger charge is -2.27. The molecule has 1 fully saturated rings. The standard InChI is InChI=1S/C15H19N5O2/c1-3-12-11(8-10(2)19-20-12)13(21)18-15(4-7-22-9-15)14-16-5-6-17-14/h5-6,8H,3-4,7,9H2,1-2H3,(H,16,17)(H,18,21). The van der Waals surface area contributed by atoms with Crippen LogP contribution in [-0.2, 0) is 16.7 Å². The Kier molecular flexibility index (Phi) is 3.89. The van der Waals surface area contributed by atoms with Crippen molar-refractivity contribution in [2.75, 3.05) is 13.2 Å². The fourth-order valence-corrected chi connectivity index (χ4v) is 2.69. The van der Waals surface area contributed by atoms with Crippen LogP contribution in [0.25, 0.3) is 0 Å². The molecule has 2 N–H and O–H groups in total. The SMILES string of the molecule is CCc1nnc(C)cc1C(=O)NC1(c2ncc[nH]2)CCOC1. The summed E-state index contributed by atoms with van der Waals surface area (Å²) in [6.45, 7) is 4.78. The van der Waals surface area contributed by atoms with Crippen LogP contribution < -0.4 is 5.32 Å². The molecule has 1 unspecified atom stereocenters. The number of nitrogens with one attached hydrogen (secondary N) is 2. The highest BCUT2D eigenvalue weighted by Crippen LogP contribution is 2.28. The molecule has 1 aliphatic rings. The molecule has 0 aliphatic carbocycles. The molecule has 2 aromatic rings. The molecule has 7 heteroatoms.